The van der Waals surface area contributed by atoms with Crippen molar-refractivity contribution in [2.75, 3.05) is 31.8 Å². The van der Waals surface area contributed by atoms with Gasteiger partial charge in [-0.25, -0.2) is 4.98 Å². The van der Waals surface area contributed by atoms with E-state index in [-0.39, 0.29) is 11.3 Å². The molecule has 1 N–H and O–H groups in total. The lowest BCUT2D eigenvalue weighted by Crippen LogP contribution is -2.29. The number of methoxy groups -OCH3 is 1. The second-order valence-corrected chi connectivity index (χ2v) is 10.0. The number of ketones is 1. The predicted molar refractivity (Wildman–Crippen MR) is 151 cm³/mol. The third-order valence-corrected chi connectivity index (χ3v) is 7.63. The number of carbonyl (C=O) groups is 2. The molecule has 10 heteroatoms. The molecular weight excluding hydrogens is 532 g/mol. The summed E-state index contributed by atoms with van der Waals surface area (Å²) in [6, 6.07) is 16.4. The highest BCUT2D eigenvalue weighted by atomic mass is 32.1. The first-order valence-electron chi connectivity index (χ1n) is 12.5. The minimum Gasteiger partial charge on any atom is -0.507 e. The number of hydrogen-bond donors (Lipinski definition) is 1. The van der Waals surface area contributed by atoms with Crippen LogP contribution in [0.4, 0.5) is 5.13 Å². The van der Waals surface area contributed by atoms with Gasteiger partial charge in [-0.3, -0.25) is 14.5 Å². The van der Waals surface area contributed by atoms with Gasteiger partial charge in [-0.15, -0.1) is 0 Å². The summed E-state index contributed by atoms with van der Waals surface area (Å²) in [6.45, 7) is 4.78. The molecule has 1 atom stereocenters. The molecule has 1 aromatic heterocycles. The molecule has 2 aliphatic heterocycles. The van der Waals surface area contributed by atoms with Crippen molar-refractivity contribution < 1.29 is 33.6 Å². The molecule has 1 unspecified atom stereocenters. The molecule has 0 aliphatic carbocycles. The molecule has 1 saturated heterocycles. The maximum Gasteiger partial charge on any atom is 0.301 e. The molecule has 2 aliphatic rings. The molecule has 9 nitrogen and oxygen atoms in total. The Morgan fingerprint density at radius 3 is 2.58 bits per heavy atom. The highest BCUT2D eigenvalue weighted by Crippen LogP contribution is 2.45. The molecule has 0 spiro atoms. The van der Waals surface area contributed by atoms with Gasteiger partial charge in [0.1, 0.15) is 37.1 Å². The number of Topliss-reactive ketones (excluding diaryl/α,β-unsaturated/α-hetero) is 1. The Bertz CT molecular complexity index is 1680. The number of thiazole rings is 1. The highest BCUT2D eigenvalue weighted by molar-refractivity contribution is 7.22. The Kier molecular flexibility index (Phi) is 6.61. The van der Waals surface area contributed by atoms with Gasteiger partial charge < -0.3 is 24.1 Å². The molecule has 3 aromatic carbocycles. The van der Waals surface area contributed by atoms with Gasteiger partial charge in [0.05, 0.1) is 28.9 Å². The van der Waals surface area contributed by atoms with Crippen LogP contribution < -0.4 is 23.8 Å². The Labute approximate surface area is 233 Å². The number of amides is 1. The van der Waals surface area contributed by atoms with Gasteiger partial charge >= 0.3 is 5.91 Å². The van der Waals surface area contributed by atoms with Crippen LogP contribution in [0.1, 0.15) is 17.2 Å². The van der Waals surface area contributed by atoms with Crippen LogP contribution in [0.25, 0.3) is 16.0 Å². The lowest BCUT2D eigenvalue weighted by Gasteiger charge is -2.23. The number of fused-ring (bicyclic) bond motifs is 2. The standard InChI is InChI=1S/C30H24N2O7S/c1-3-12-37-19-7-4-17(5-8-19)26-25(27(33)18-6-11-22-23(15-18)39-14-13-38-22)28(34)29(35)32(26)30-31-21-10-9-20(36-2)16-24(21)40-30/h3-11,15-16,26,33H,1,12-14H2,2H3/b27-25+. The fourth-order valence-electron chi connectivity index (χ4n) is 4.72. The van der Waals surface area contributed by atoms with E-state index in [1.807, 2.05) is 6.07 Å². The first-order chi connectivity index (χ1) is 19.5. The van der Waals surface area contributed by atoms with Gasteiger partial charge in [-0.05, 0) is 54.1 Å². The minimum absolute atomic E-state index is 0.0572. The van der Waals surface area contributed by atoms with E-state index in [0.717, 1.165) is 4.70 Å². The summed E-state index contributed by atoms with van der Waals surface area (Å²) in [5.74, 6) is 0.306. The number of hydrogen-bond acceptors (Lipinski definition) is 9. The van der Waals surface area contributed by atoms with Crippen molar-refractivity contribution in [3.63, 3.8) is 0 Å². The maximum absolute atomic E-state index is 13.6. The Hall–Kier alpha value is -4.83. The average Bonchev–Trinajstić information content (AvgIpc) is 3.53. The molecule has 1 fully saturated rings. The molecular formula is C30H24N2O7S. The smallest absolute Gasteiger partial charge is 0.301 e. The van der Waals surface area contributed by atoms with Gasteiger partial charge in [0.2, 0.25) is 0 Å². The van der Waals surface area contributed by atoms with E-state index in [0.29, 0.717) is 64.6 Å². The number of anilines is 1. The normalized spacial score (nSPS) is 17.7. The number of carbonyl (C=O) groups excluding carboxylic acids is 2. The van der Waals surface area contributed by atoms with Crippen LogP contribution in [0.3, 0.4) is 0 Å². The minimum atomic E-state index is -0.941. The van der Waals surface area contributed by atoms with Gasteiger partial charge in [-0.2, -0.15) is 0 Å². The maximum atomic E-state index is 13.6. The van der Waals surface area contributed by atoms with Crippen molar-refractivity contribution >= 4 is 44.1 Å². The van der Waals surface area contributed by atoms with Gasteiger partial charge in [0.15, 0.2) is 16.6 Å². The van der Waals surface area contributed by atoms with E-state index in [1.165, 1.54) is 16.2 Å². The summed E-state index contributed by atoms with van der Waals surface area (Å²) < 4.78 is 23.0. The number of ether oxygens (including phenoxy) is 4. The number of aliphatic hydroxyl groups excluding tert-OH is 1. The summed E-state index contributed by atoms with van der Waals surface area (Å²) >= 11 is 1.26. The van der Waals surface area contributed by atoms with Gasteiger partial charge in [0, 0.05) is 5.56 Å². The third kappa shape index (κ3) is 4.42. The molecule has 0 radical (unpaired) electrons. The average molecular weight is 557 g/mol. The zero-order valence-electron chi connectivity index (χ0n) is 21.5. The Morgan fingerprint density at radius 2 is 1.82 bits per heavy atom. The first kappa shape index (κ1) is 25.4. The van der Waals surface area contributed by atoms with Gasteiger partial charge in [-0.1, -0.05) is 36.1 Å². The Morgan fingerprint density at radius 1 is 1.07 bits per heavy atom. The summed E-state index contributed by atoms with van der Waals surface area (Å²) in [5, 5.41) is 11.8. The zero-order valence-corrected chi connectivity index (χ0v) is 22.3. The zero-order chi connectivity index (χ0) is 27.8. The van der Waals surface area contributed by atoms with Crippen LogP contribution >= 0.6 is 11.3 Å². The quantitative estimate of drug-likeness (QED) is 0.142. The summed E-state index contributed by atoms with van der Waals surface area (Å²) in [6.07, 6.45) is 1.64. The second kappa shape index (κ2) is 10.4. The molecule has 202 valence electrons. The molecule has 3 heterocycles. The van der Waals surface area contributed by atoms with Crippen LogP contribution in [0, 0.1) is 0 Å². The molecule has 4 aromatic rings. The van der Waals surface area contributed by atoms with E-state index in [1.54, 1.807) is 67.8 Å². The summed E-state index contributed by atoms with van der Waals surface area (Å²) in [7, 11) is 1.57. The third-order valence-electron chi connectivity index (χ3n) is 6.61. The van der Waals surface area contributed by atoms with Crippen molar-refractivity contribution in [1.29, 1.82) is 0 Å². The number of nitrogens with zero attached hydrogens (tertiary/aromatic N) is 2. The largest absolute Gasteiger partial charge is 0.507 e. The van der Waals surface area contributed by atoms with Crippen molar-refractivity contribution in [3.8, 4) is 23.0 Å². The predicted octanol–water partition coefficient (Wildman–Crippen LogP) is 5.27. The van der Waals surface area contributed by atoms with Crippen LogP contribution in [0.15, 0.2) is 78.9 Å². The van der Waals surface area contributed by atoms with Crippen LogP contribution in [0.5, 0.6) is 23.0 Å². The van der Waals surface area contributed by atoms with Crippen molar-refractivity contribution in [2.45, 2.75) is 6.04 Å². The summed E-state index contributed by atoms with van der Waals surface area (Å²) in [5.41, 5.74) is 1.52. The highest BCUT2D eigenvalue weighted by Gasteiger charge is 2.48. The molecule has 0 bridgehead atoms. The van der Waals surface area contributed by atoms with Crippen LogP contribution in [0.2, 0.25) is 0 Å². The number of aromatic nitrogens is 1. The SMILES string of the molecule is C=CCOc1ccc(C2/C(=C(\O)c3ccc4c(c3)OCCO4)C(=O)C(=O)N2c2nc3ccc(OC)cc3s2)cc1. The number of rotatable bonds is 7. The second-order valence-electron chi connectivity index (χ2n) is 9.03. The van der Waals surface area contributed by atoms with Crippen molar-refractivity contribution in [3.05, 3.63) is 90.0 Å². The summed E-state index contributed by atoms with van der Waals surface area (Å²) in [4.78, 5) is 33.1. The topological polar surface area (TPSA) is 107 Å². The van der Waals surface area contributed by atoms with E-state index in [4.69, 9.17) is 18.9 Å². The van der Waals surface area contributed by atoms with Crippen molar-refractivity contribution in [2.24, 2.45) is 0 Å². The number of benzene rings is 3. The van der Waals surface area contributed by atoms with E-state index in [9.17, 15) is 14.7 Å². The first-order valence-corrected chi connectivity index (χ1v) is 13.3. The fourth-order valence-corrected chi connectivity index (χ4v) is 5.74. The lowest BCUT2D eigenvalue weighted by atomic mass is 9.95. The van der Waals surface area contributed by atoms with E-state index in [2.05, 4.69) is 11.6 Å². The molecule has 40 heavy (non-hydrogen) atoms. The van der Waals surface area contributed by atoms with Crippen LogP contribution in [-0.2, 0) is 9.59 Å². The number of aliphatic hydroxyl groups is 1. The van der Waals surface area contributed by atoms with E-state index >= 15 is 0 Å². The molecule has 6 rings (SSSR count). The van der Waals surface area contributed by atoms with E-state index < -0.39 is 17.7 Å². The van der Waals surface area contributed by atoms with Crippen LogP contribution in [-0.4, -0.2) is 48.7 Å². The molecule has 1 amide bonds. The molecule has 0 saturated carbocycles. The van der Waals surface area contributed by atoms with Crippen molar-refractivity contribution in [1.82, 2.24) is 4.98 Å². The fraction of sp³-hybridized carbons (Fsp3) is 0.167. The lowest BCUT2D eigenvalue weighted by molar-refractivity contribution is -0.132. The van der Waals surface area contributed by atoms with Gasteiger partial charge in [0.25, 0.3) is 5.78 Å². The Balaban J connectivity index is 1.50. The monoisotopic (exact) mass is 556 g/mol.